The van der Waals surface area contributed by atoms with Gasteiger partial charge in [-0.25, -0.2) is 8.42 Å². The minimum Gasteiger partial charge on any atom is -0.444 e. The molecule has 1 N–H and O–H groups in total. The molecule has 2 heterocycles. The molecule has 0 saturated carbocycles. The van der Waals surface area contributed by atoms with E-state index in [1.54, 1.807) is 24.3 Å². The van der Waals surface area contributed by atoms with Crippen LogP contribution in [0, 0.1) is 5.92 Å². The zero-order valence-corrected chi connectivity index (χ0v) is 16.1. The van der Waals surface area contributed by atoms with Crippen LogP contribution in [-0.2, 0) is 10.0 Å². The number of amides is 1. The van der Waals surface area contributed by atoms with Crippen molar-refractivity contribution < 1.29 is 17.6 Å². The number of hydrogen-bond acceptors (Lipinski definition) is 4. The summed E-state index contributed by atoms with van der Waals surface area (Å²) in [6.07, 6.45) is 1.94. The molecular formula is C17H19BrN2O4S. The van der Waals surface area contributed by atoms with Crippen LogP contribution in [0.25, 0.3) is 0 Å². The third-order valence-electron chi connectivity index (χ3n) is 4.17. The Morgan fingerprint density at radius 3 is 2.56 bits per heavy atom. The summed E-state index contributed by atoms with van der Waals surface area (Å²) in [5, 5.41) is 2.67. The van der Waals surface area contributed by atoms with Crippen molar-refractivity contribution in [2.24, 2.45) is 5.92 Å². The molecule has 0 radical (unpaired) electrons. The van der Waals surface area contributed by atoms with Gasteiger partial charge >= 0.3 is 0 Å². The molecule has 2 aromatic rings. The quantitative estimate of drug-likeness (QED) is 0.807. The first-order valence-corrected chi connectivity index (χ1v) is 10.3. The molecule has 1 saturated heterocycles. The lowest BCUT2D eigenvalue weighted by Crippen LogP contribution is -2.39. The van der Waals surface area contributed by atoms with Gasteiger partial charge in [-0.05, 0) is 71.1 Å². The van der Waals surface area contributed by atoms with Gasteiger partial charge in [0.2, 0.25) is 10.0 Å². The van der Waals surface area contributed by atoms with Gasteiger partial charge < -0.3 is 9.73 Å². The van der Waals surface area contributed by atoms with E-state index in [1.165, 1.54) is 16.4 Å². The highest BCUT2D eigenvalue weighted by Gasteiger charge is 2.28. The molecule has 1 amide bonds. The summed E-state index contributed by atoms with van der Waals surface area (Å²) < 4.78 is 32.6. The van der Waals surface area contributed by atoms with Crippen molar-refractivity contribution in [1.82, 2.24) is 4.31 Å². The van der Waals surface area contributed by atoms with Gasteiger partial charge in [-0.15, -0.1) is 0 Å². The van der Waals surface area contributed by atoms with Crippen LogP contribution in [0.3, 0.4) is 0 Å². The van der Waals surface area contributed by atoms with E-state index < -0.39 is 15.9 Å². The zero-order chi connectivity index (χ0) is 18.0. The van der Waals surface area contributed by atoms with Crippen LogP contribution in [0.4, 0.5) is 5.69 Å². The molecule has 1 aromatic heterocycles. The third-order valence-corrected chi connectivity index (χ3v) is 6.47. The highest BCUT2D eigenvalue weighted by molar-refractivity contribution is 9.10. The van der Waals surface area contributed by atoms with Crippen LogP contribution >= 0.6 is 15.9 Å². The minimum atomic E-state index is -3.49. The van der Waals surface area contributed by atoms with Gasteiger partial charge in [0.15, 0.2) is 10.4 Å². The molecule has 1 aliphatic heterocycles. The molecule has 0 aliphatic carbocycles. The van der Waals surface area contributed by atoms with Crippen molar-refractivity contribution in [3.8, 4) is 0 Å². The summed E-state index contributed by atoms with van der Waals surface area (Å²) in [6.45, 7) is 3.17. The first-order chi connectivity index (χ1) is 11.9. The minimum absolute atomic E-state index is 0.172. The van der Waals surface area contributed by atoms with Crippen LogP contribution in [-0.4, -0.2) is 31.7 Å². The smallest absolute Gasteiger partial charge is 0.291 e. The number of anilines is 1. The number of rotatable bonds is 4. The first kappa shape index (κ1) is 18.2. The third kappa shape index (κ3) is 4.13. The Kier molecular flexibility index (Phi) is 5.31. The topological polar surface area (TPSA) is 79.6 Å². The highest BCUT2D eigenvalue weighted by atomic mass is 79.9. The summed E-state index contributed by atoms with van der Waals surface area (Å²) in [6, 6.07) is 9.37. The van der Waals surface area contributed by atoms with Gasteiger partial charge in [0.1, 0.15) is 0 Å². The lowest BCUT2D eigenvalue weighted by atomic mass is 10.0. The molecule has 3 rings (SSSR count). The Balaban J connectivity index is 1.72. The largest absolute Gasteiger partial charge is 0.444 e. The molecule has 1 aromatic carbocycles. The maximum Gasteiger partial charge on any atom is 0.291 e. The van der Waals surface area contributed by atoms with Gasteiger partial charge in [-0.1, -0.05) is 6.92 Å². The number of hydrogen-bond donors (Lipinski definition) is 1. The Labute approximate surface area is 155 Å². The fourth-order valence-corrected chi connectivity index (χ4v) is 4.76. The van der Waals surface area contributed by atoms with E-state index >= 15 is 0 Å². The molecule has 8 heteroatoms. The number of nitrogens with zero attached hydrogens (tertiary/aromatic N) is 1. The van der Waals surface area contributed by atoms with Crippen LogP contribution < -0.4 is 5.32 Å². The zero-order valence-electron chi connectivity index (χ0n) is 13.7. The lowest BCUT2D eigenvalue weighted by molar-refractivity contribution is 0.0995. The number of halogens is 1. The Bertz CT molecular complexity index is 861. The first-order valence-electron chi connectivity index (χ1n) is 8.03. The Hall–Kier alpha value is -1.64. The second-order valence-corrected chi connectivity index (χ2v) is 8.91. The molecular weight excluding hydrogens is 408 g/mol. The van der Waals surface area contributed by atoms with Crippen LogP contribution in [0.5, 0.6) is 0 Å². The number of carbonyl (C=O) groups is 1. The standard InChI is InChI=1S/C17H19BrN2O4S/c1-12-3-2-10-20(11-12)25(22,23)14-6-4-13(5-7-14)19-17(21)15-8-9-16(18)24-15/h4-9,12H,2-3,10-11H2,1H3,(H,19,21). The van der Waals surface area contributed by atoms with E-state index in [4.69, 9.17) is 4.42 Å². The summed E-state index contributed by atoms with van der Waals surface area (Å²) in [5.41, 5.74) is 0.503. The molecule has 6 nitrogen and oxygen atoms in total. The molecule has 0 bridgehead atoms. The van der Waals surface area contributed by atoms with Crippen LogP contribution in [0.15, 0.2) is 50.4 Å². The summed E-state index contributed by atoms with van der Waals surface area (Å²) >= 11 is 3.14. The van der Waals surface area contributed by atoms with Crippen molar-refractivity contribution in [3.63, 3.8) is 0 Å². The SMILES string of the molecule is CC1CCCN(S(=O)(=O)c2ccc(NC(=O)c3ccc(Br)o3)cc2)C1. The van der Waals surface area contributed by atoms with Crippen molar-refractivity contribution in [2.75, 3.05) is 18.4 Å². The normalized spacial score (nSPS) is 18.9. The van der Waals surface area contributed by atoms with Crippen molar-refractivity contribution in [1.29, 1.82) is 0 Å². The molecule has 1 fully saturated rings. The van der Waals surface area contributed by atoms with E-state index in [1.807, 2.05) is 0 Å². The molecule has 1 aliphatic rings. The monoisotopic (exact) mass is 426 g/mol. The molecule has 1 atom stereocenters. The number of carbonyl (C=O) groups excluding carboxylic acids is 1. The number of nitrogens with one attached hydrogen (secondary N) is 1. The van der Waals surface area contributed by atoms with Gasteiger partial charge in [-0.2, -0.15) is 4.31 Å². The van der Waals surface area contributed by atoms with Gasteiger partial charge in [-0.3, -0.25) is 4.79 Å². The molecule has 1 unspecified atom stereocenters. The maximum atomic E-state index is 12.7. The molecule has 0 spiro atoms. The van der Waals surface area contributed by atoms with E-state index in [0.29, 0.717) is 29.4 Å². The highest BCUT2D eigenvalue weighted by Crippen LogP contribution is 2.24. The summed E-state index contributed by atoms with van der Waals surface area (Å²) in [5.74, 6) is 0.145. The number of benzene rings is 1. The van der Waals surface area contributed by atoms with Crippen molar-refractivity contribution in [2.45, 2.75) is 24.7 Å². The van der Waals surface area contributed by atoms with Crippen molar-refractivity contribution >= 4 is 37.5 Å². The average molecular weight is 427 g/mol. The fourth-order valence-electron chi connectivity index (χ4n) is 2.85. The van der Waals surface area contributed by atoms with Gasteiger partial charge in [0.05, 0.1) is 4.90 Å². The summed E-state index contributed by atoms with van der Waals surface area (Å²) in [4.78, 5) is 12.3. The number of furan rings is 1. The number of sulfonamides is 1. The predicted octanol–water partition coefficient (Wildman–Crippen LogP) is 3.72. The van der Waals surface area contributed by atoms with Gasteiger partial charge in [0.25, 0.3) is 5.91 Å². The predicted molar refractivity (Wildman–Crippen MR) is 98.0 cm³/mol. The van der Waals surface area contributed by atoms with E-state index in [0.717, 1.165) is 12.8 Å². The second kappa shape index (κ2) is 7.31. The second-order valence-electron chi connectivity index (χ2n) is 6.19. The number of piperidine rings is 1. The van der Waals surface area contributed by atoms with Crippen LogP contribution in [0.1, 0.15) is 30.3 Å². The van der Waals surface area contributed by atoms with E-state index in [9.17, 15) is 13.2 Å². The Morgan fingerprint density at radius 1 is 1.24 bits per heavy atom. The molecule has 134 valence electrons. The van der Waals surface area contributed by atoms with Gasteiger partial charge in [0, 0.05) is 18.8 Å². The van der Waals surface area contributed by atoms with Crippen LogP contribution in [0.2, 0.25) is 0 Å². The average Bonchev–Trinajstić information content (AvgIpc) is 3.02. The Morgan fingerprint density at radius 2 is 1.96 bits per heavy atom. The van der Waals surface area contributed by atoms with Crippen molar-refractivity contribution in [3.05, 3.63) is 46.8 Å². The van der Waals surface area contributed by atoms with E-state index in [-0.39, 0.29) is 10.7 Å². The maximum absolute atomic E-state index is 12.7. The molecule has 25 heavy (non-hydrogen) atoms. The summed E-state index contributed by atoms with van der Waals surface area (Å²) in [7, 11) is -3.49. The fraction of sp³-hybridized carbons (Fsp3) is 0.353. The van der Waals surface area contributed by atoms with E-state index in [2.05, 4.69) is 28.2 Å². The lowest BCUT2D eigenvalue weighted by Gasteiger charge is -2.30.